The largest absolute Gasteiger partial charge is 0.478 e. The standard InChI is InChI=1S/C14H21NO6S2/c1-14(2,22(3,18)19)8-9-23(20,21)15-10-11-4-6-12(7-5-11)13(16)17/h4-7,15H,8-10H2,1-3H3,(H,16,17). The summed E-state index contributed by atoms with van der Waals surface area (Å²) in [6.07, 6.45) is 1.07. The van der Waals surface area contributed by atoms with Gasteiger partial charge in [-0.3, -0.25) is 0 Å². The second-order valence-electron chi connectivity index (χ2n) is 5.92. The zero-order valence-electron chi connectivity index (χ0n) is 13.2. The number of aromatic carboxylic acids is 1. The summed E-state index contributed by atoms with van der Waals surface area (Å²) in [6, 6.07) is 5.82. The van der Waals surface area contributed by atoms with Gasteiger partial charge in [0.15, 0.2) is 9.84 Å². The minimum absolute atomic E-state index is 0.0148. The van der Waals surface area contributed by atoms with E-state index in [9.17, 15) is 21.6 Å². The Morgan fingerprint density at radius 3 is 2.09 bits per heavy atom. The van der Waals surface area contributed by atoms with E-state index >= 15 is 0 Å². The van der Waals surface area contributed by atoms with E-state index in [0.29, 0.717) is 5.56 Å². The van der Waals surface area contributed by atoms with Gasteiger partial charge in [0.05, 0.1) is 16.1 Å². The molecule has 0 saturated carbocycles. The molecule has 0 aliphatic rings. The van der Waals surface area contributed by atoms with E-state index in [-0.39, 0.29) is 24.3 Å². The van der Waals surface area contributed by atoms with Crippen molar-refractivity contribution in [3.63, 3.8) is 0 Å². The number of rotatable bonds is 8. The van der Waals surface area contributed by atoms with Crippen molar-refractivity contribution in [2.24, 2.45) is 0 Å². The monoisotopic (exact) mass is 363 g/mol. The SMILES string of the molecule is CC(C)(CCS(=O)(=O)NCc1ccc(C(=O)O)cc1)S(C)(=O)=O. The summed E-state index contributed by atoms with van der Waals surface area (Å²) in [5, 5.41) is 8.79. The second-order valence-corrected chi connectivity index (χ2v) is 10.5. The molecule has 9 heteroatoms. The van der Waals surface area contributed by atoms with E-state index in [1.54, 1.807) is 0 Å². The fourth-order valence-corrected chi connectivity index (χ4v) is 3.51. The van der Waals surface area contributed by atoms with E-state index in [2.05, 4.69) is 4.72 Å². The molecular formula is C14H21NO6S2. The molecule has 0 saturated heterocycles. The highest BCUT2D eigenvalue weighted by atomic mass is 32.2. The first-order valence-corrected chi connectivity index (χ1v) is 10.4. The van der Waals surface area contributed by atoms with Gasteiger partial charge < -0.3 is 5.11 Å². The van der Waals surface area contributed by atoms with Crippen LogP contribution in [0.2, 0.25) is 0 Å². The van der Waals surface area contributed by atoms with E-state index in [1.807, 2.05) is 0 Å². The predicted octanol–water partition coefficient (Wildman–Crippen LogP) is 1.02. The molecule has 2 N–H and O–H groups in total. The number of sulfone groups is 1. The Balaban J connectivity index is 2.64. The quantitative estimate of drug-likeness (QED) is 0.712. The van der Waals surface area contributed by atoms with E-state index in [4.69, 9.17) is 5.11 Å². The fraction of sp³-hybridized carbons (Fsp3) is 0.500. The van der Waals surface area contributed by atoms with Crippen LogP contribution in [0.15, 0.2) is 24.3 Å². The highest BCUT2D eigenvalue weighted by Crippen LogP contribution is 2.20. The van der Waals surface area contributed by atoms with Crippen molar-refractivity contribution in [1.82, 2.24) is 4.72 Å². The molecule has 0 heterocycles. The van der Waals surface area contributed by atoms with Gasteiger partial charge in [-0.25, -0.2) is 26.4 Å². The Hall–Kier alpha value is -1.45. The zero-order valence-corrected chi connectivity index (χ0v) is 14.9. The van der Waals surface area contributed by atoms with Crippen LogP contribution in [0, 0.1) is 0 Å². The van der Waals surface area contributed by atoms with Gasteiger partial charge in [0.1, 0.15) is 0 Å². The van der Waals surface area contributed by atoms with Gasteiger partial charge in [-0.1, -0.05) is 12.1 Å². The fourth-order valence-electron chi connectivity index (χ4n) is 1.60. The third-order valence-corrected chi connectivity index (χ3v) is 7.21. The van der Waals surface area contributed by atoms with Crippen molar-refractivity contribution in [3.8, 4) is 0 Å². The summed E-state index contributed by atoms with van der Waals surface area (Å²) < 4.78 is 48.3. The maximum absolute atomic E-state index is 12.0. The molecule has 23 heavy (non-hydrogen) atoms. The molecule has 0 bridgehead atoms. The van der Waals surface area contributed by atoms with Gasteiger partial charge in [-0.05, 0) is 38.0 Å². The van der Waals surface area contributed by atoms with Crippen molar-refractivity contribution in [2.75, 3.05) is 12.0 Å². The Morgan fingerprint density at radius 1 is 1.13 bits per heavy atom. The number of sulfonamides is 1. The molecule has 0 aliphatic carbocycles. The van der Waals surface area contributed by atoms with Crippen LogP contribution in [0.4, 0.5) is 0 Å². The molecule has 0 aliphatic heterocycles. The number of benzene rings is 1. The smallest absolute Gasteiger partial charge is 0.335 e. The molecule has 0 unspecified atom stereocenters. The summed E-state index contributed by atoms with van der Waals surface area (Å²) in [4.78, 5) is 10.7. The van der Waals surface area contributed by atoms with Crippen LogP contribution in [0.1, 0.15) is 36.2 Å². The topological polar surface area (TPSA) is 118 Å². The number of carbonyl (C=O) groups is 1. The van der Waals surface area contributed by atoms with Crippen molar-refractivity contribution < 1.29 is 26.7 Å². The highest BCUT2D eigenvalue weighted by molar-refractivity contribution is 7.92. The lowest BCUT2D eigenvalue weighted by Crippen LogP contribution is -2.35. The van der Waals surface area contributed by atoms with Gasteiger partial charge in [-0.2, -0.15) is 0 Å². The second kappa shape index (κ2) is 6.98. The molecule has 7 nitrogen and oxygen atoms in total. The van der Waals surface area contributed by atoms with Crippen LogP contribution >= 0.6 is 0 Å². The van der Waals surface area contributed by atoms with E-state index in [0.717, 1.165) is 6.26 Å². The summed E-state index contributed by atoms with van der Waals surface area (Å²) in [7, 11) is -6.98. The van der Waals surface area contributed by atoms with Gasteiger partial charge in [0.25, 0.3) is 0 Å². The summed E-state index contributed by atoms with van der Waals surface area (Å²) in [5.41, 5.74) is 0.729. The van der Waals surface area contributed by atoms with Crippen LogP contribution in [0.5, 0.6) is 0 Å². The van der Waals surface area contributed by atoms with Gasteiger partial charge in [0, 0.05) is 12.8 Å². The molecule has 1 aromatic carbocycles. The van der Waals surface area contributed by atoms with E-state index < -0.39 is 30.6 Å². The van der Waals surface area contributed by atoms with Crippen LogP contribution in [-0.2, 0) is 26.4 Å². The molecule has 0 radical (unpaired) electrons. The first-order chi connectivity index (χ1) is 10.3. The van der Waals surface area contributed by atoms with Crippen molar-refractivity contribution in [1.29, 1.82) is 0 Å². The average molecular weight is 363 g/mol. The van der Waals surface area contributed by atoms with Crippen molar-refractivity contribution in [2.45, 2.75) is 31.6 Å². The summed E-state index contributed by atoms with van der Waals surface area (Å²) in [5.74, 6) is -1.36. The molecule has 0 aromatic heterocycles. The number of carboxylic acid groups (broad SMARTS) is 1. The molecule has 0 amide bonds. The molecular weight excluding hydrogens is 342 g/mol. The van der Waals surface area contributed by atoms with Gasteiger partial charge >= 0.3 is 5.97 Å². The first-order valence-electron chi connectivity index (χ1n) is 6.83. The Morgan fingerprint density at radius 2 is 1.65 bits per heavy atom. The van der Waals surface area contributed by atoms with Gasteiger partial charge in [-0.15, -0.1) is 0 Å². The lowest BCUT2D eigenvalue weighted by Gasteiger charge is -2.22. The summed E-state index contributed by atoms with van der Waals surface area (Å²) >= 11 is 0. The molecule has 0 atom stereocenters. The maximum Gasteiger partial charge on any atom is 0.335 e. The number of hydrogen-bond donors (Lipinski definition) is 2. The molecule has 130 valence electrons. The molecule has 1 aromatic rings. The molecule has 0 fully saturated rings. The number of nitrogens with one attached hydrogen (secondary N) is 1. The van der Waals surface area contributed by atoms with Crippen molar-refractivity contribution >= 4 is 25.8 Å². The van der Waals surface area contributed by atoms with Crippen LogP contribution in [0.3, 0.4) is 0 Å². The van der Waals surface area contributed by atoms with Crippen LogP contribution in [-0.4, -0.2) is 44.7 Å². The normalized spacial score (nSPS) is 13.0. The van der Waals surface area contributed by atoms with Gasteiger partial charge in [0.2, 0.25) is 10.0 Å². The van der Waals surface area contributed by atoms with Crippen molar-refractivity contribution in [3.05, 3.63) is 35.4 Å². The highest BCUT2D eigenvalue weighted by Gasteiger charge is 2.31. The maximum atomic E-state index is 12.0. The Bertz CT molecular complexity index is 764. The minimum atomic E-state index is -3.63. The Kier molecular flexibility index (Phi) is 5.95. The Labute approximate surface area is 136 Å². The first kappa shape index (κ1) is 19.6. The lowest BCUT2D eigenvalue weighted by molar-refractivity contribution is 0.0697. The van der Waals surface area contributed by atoms with Crippen LogP contribution in [0.25, 0.3) is 0 Å². The summed E-state index contributed by atoms with van der Waals surface area (Å²) in [6.45, 7) is 2.99. The predicted molar refractivity (Wildman–Crippen MR) is 87.6 cm³/mol. The minimum Gasteiger partial charge on any atom is -0.478 e. The average Bonchev–Trinajstić information content (AvgIpc) is 2.43. The third kappa shape index (κ3) is 5.92. The third-order valence-electron chi connectivity index (χ3n) is 3.67. The zero-order chi connectivity index (χ0) is 17.9. The number of carboxylic acids is 1. The number of hydrogen-bond acceptors (Lipinski definition) is 5. The lowest BCUT2D eigenvalue weighted by atomic mass is 10.1. The van der Waals surface area contributed by atoms with Crippen LogP contribution < -0.4 is 4.72 Å². The van der Waals surface area contributed by atoms with E-state index in [1.165, 1.54) is 38.1 Å². The molecule has 0 spiro atoms. The molecule has 1 rings (SSSR count).